The van der Waals surface area contributed by atoms with Gasteiger partial charge in [-0.15, -0.1) is 11.3 Å². The van der Waals surface area contributed by atoms with Crippen LogP contribution in [0.5, 0.6) is 0 Å². The number of rotatable bonds is 4. The summed E-state index contributed by atoms with van der Waals surface area (Å²) in [5, 5.41) is 6.47. The van der Waals surface area contributed by atoms with Crippen molar-refractivity contribution >= 4 is 17.2 Å². The lowest BCUT2D eigenvalue weighted by atomic mass is 10.1. The Kier molecular flexibility index (Phi) is 4.39. The van der Waals surface area contributed by atoms with E-state index in [0.29, 0.717) is 12.5 Å². The van der Waals surface area contributed by atoms with E-state index in [1.165, 1.54) is 10.4 Å². The Bertz CT molecular complexity index is 590. The minimum Gasteiger partial charge on any atom is -0.341 e. The van der Waals surface area contributed by atoms with Crippen molar-refractivity contribution in [1.29, 1.82) is 0 Å². The molecule has 5 heteroatoms. The van der Waals surface area contributed by atoms with Gasteiger partial charge in [0.2, 0.25) is 5.91 Å². The summed E-state index contributed by atoms with van der Waals surface area (Å²) in [6.45, 7) is 3.74. The van der Waals surface area contributed by atoms with E-state index in [1.807, 2.05) is 21.8 Å². The van der Waals surface area contributed by atoms with Crippen LogP contribution in [0.25, 0.3) is 0 Å². The molecule has 1 atom stereocenters. The van der Waals surface area contributed by atoms with Gasteiger partial charge in [-0.3, -0.25) is 9.48 Å². The van der Waals surface area contributed by atoms with Crippen molar-refractivity contribution in [1.82, 2.24) is 14.7 Å². The number of carbonyl (C=O) groups is 1. The first kappa shape index (κ1) is 14.3. The monoisotopic (exact) mass is 303 g/mol. The Labute approximate surface area is 129 Å². The predicted molar refractivity (Wildman–Crippen MR) is 84.5 cm³/mol. The summed E-state index contributed by atoms with van der Waals surface area (Å²) in [6.07, 6.45) is 7.61. The molecule has 0 aromatic carbocycles. The van der Waals surface area contributed by atoms with Crippen LogP contribution in [0, 0.1) is 6.92 Å². The van der Waals surface area contributed by atoms with Crippen LogP contribution in [-0.4, -0.2) is 33.7 Å². The quantitative estimate of drug-likeness (QED) is 0.870. The number of thiophene rings is 1. The van der Waals surface area contributed by atoms with Crippen LogP contribution in [-0.2, 0) is 11.2 Å². The molecule has 0 unspecified atom stereocenters. The van der Waals surface area contributed by atoms with Crippen LogP contribution in [0.4, 0.5) is 0 Å². The number of carbonyl (C=O) groups excluding carboxylic acids is 1. The topological polar surface area (TPSA) is 38.1 Å². The fraction of sp³-hybridized carbons (Fsp3) is 0.500. The average molecular weight is 303 g/mol. The predicted octanol–water partition coefficient (Wildman–Crippen LogP) is 3.05. The summed E-state index contributed by atoms with van der Waals surface area (Å²) in [4.78, 5) is 15.7. The standard InChI is InChI=1S/C16H21N3OS/c1-13-10-17-19(11-13)14-4-2-8-18(12-14)16(20)7-6-15-5-3-9-21-15/h3,5,9-11,14H,2,4,6-8,12H2,1H3/t14-/m1/s1. The highest BCUT2D eigenvalue weighted by molar-refractivity contribution is 7.09. The summed E-state index contributed by atoms with van der Waals surface area (Å²) in [5.41, 5.74) is 1.18. The first-order chi connectivity index (χ1) is 10.2. The molecule has 112 valence electrons. The summed E-state index contributed by atoms with van der Waals surface area (Å²) in [6, 6.07) is 4.48. The molecule has 0 radical (unpaired) electrons. The highest BCUT2D eigenvalue weighted by Gasteiger charge is 2.24. The van der Waals surface area contributed by atoms with Gasteiger partial charge in [-0.25, -0.2) is 0 Å². The molecule has 2 aromatic heterocycles. The molecule has 21 heavy (non-hydrogen) atoms. The Morgan fingerprint density at radius 3 is 3.14 bits per heavy atom. The van der Waals surface area contributed by atoms with Gasteiger partial charge in [0, 0.05) is 30.6 Å². The van der Waals surface area contributed by atoms with E-state index in [2.05, 4.69) is 29.7 Å². The molecule has 0 aliphatic carbocycles. The molecule has 0 N–H and O–H groups in total. The van der Waals surface area contributed by atoms with Gasteiger partial charge in [-0.1, -0.05) is 6.07 Å². The van der Waals surface area contributed by atoms with Crippen LogP contribution in [0.15, 0.2) is 29.9 Å². The summed E-state index contributed by atoms with van der Waals surface area (Å²) in [5.74, 6) is 0.275. The molecule has 0 spiro atoms. The maximum atomic E-state index is 12.4. The number of hydrogen-bond donors (Lipinski definition) is 0. The number of aryl methyl sites for hydroxylation is 2. The molecule has 1 aliphatic heterocycles. The molecular weight excluding hydrogens is 282 g/mol. The number of likely N-dealkylation sites (tertiary alicyclic amines) is 1. The van der Waals surface area contributed by atoms with Crippen LogP contribution < -0.4 is 0 Å². The number of hydrogen-bond acceptors (Lipinski definition) is 3. The van der Waals surface area contributed by atoms with Crippen LogP contribution >= 0.6 is 11.3 Å². The second-order valence-electron chi connectivity index (χ2n) is 5.71. The maximum absolute atomic E-state index is 12.4. The van der Waals surface area contributed by atoms with Crippen molar-refractivity contribution < 1.29 is 4.79 Å². The van der Waals surface area contributed by atoms with Crippen LogP contribution in [0.2, 0.25) is 0 Å². The Morgan fingerprint density at radius 2 is 2.43 bits per heavy atom. The zero-order valence-electron chi connectivity index (χ0n) is 12.4. The third-order valence-electron chi connectivity index (χ3n) is 4.02. The van der Waals surface area contributed by atoms with Crippen molar-refractivity contribution in [3.05, 3.63) is 40.3 Å². The number of amides is 1. The van der Waals surface area contributed by atoms with Gasteiger partial charge < -0.3 is 4.90 Å². The van der Waals surface area contributed by atoms with Gasteiger partial charge in [0.1, 0.15) is 0 Å². The first-order valence-corrected chi connectivity index (χ1v) is 8.41. The van der Waals surface area contributed by atoms with Crippen molar-refractivity contribution in [2.24, 2.45) is 0 Å². The molecule has 1 saturated heterocycles. The highest BCUT2D eigenvalue weighted by Crippen LogP contribution is 2.22. The Balaban J connectivity index is 1.56. The lowest BCUT2D eigenvalue weighted by Gasteiger charge is -2.33. The van der Waals surface area contributed by atoms with Crippen molar-refractivity contribution in [3.8, 4) is 0 Å². The molecule has 3 rings (SSSR count). The number of nitrogens with zero attached hydrogens (tertiary/aromatic N) is 3. The van der Waals surface area contributed by atoms with Crippen molar-refractivity contribution in [3.63, 3.8) is 0 Å². The molecule has 0 bridgehead atoms. The van der Waals surface area contributed by atoms with Crippen LogP contribution in [0.1, 0.15) is 35.7 Å². The molecular formula is C16H21N3OS. The largest absolute Gasteiger partial charge is 0.341 e. The summed E-state index contributed by atoms with van der Waals surface area (Å²) >= 11 is 1.73. The van der Waals surface area contributed by atoms with E-state index in [9.17, 15) is 4.79 Å². The van der Waals surface area contributed by atoms with Crippen molar-refractivity contribution in [2.45, 2.75) is 38.6 Å². The summed E-state index contributed by atoms with van der Waals surface area (Å²) in [7, 11) is 0. The van der Waals surface area contributed by atoms with Crippen molar-refractivity contribution in [2.75, 3.05) is 13.1 Å². The minimum atomic E-state index is 0.275. The van der Waals surface area contributed by atoms with Gasteiger partial charge in [0.15, 0.2) is 0 Å². The van der Waals surface area contributed by atoms with E-state index in [0.717, 1.165) is 32.4 Å². The van der Waals surface area contributed by atoms with E-state index in [-0.39, 0.29) is 5.91 Å². The maximum Gasteiger partial charge on any atom is 0.223 e. The third kappa shape index (κ3) is 3.53. The second-order valence-corrected chi connectivity index (χ2v) is 6.75. The lowest BCUT2D eigenvalue weighted by molar-refractivity contribution is -0.132. The molecule has 2 aromatic rings. The highest BCUT2D eigenvalue weighted by atomic mass is 32.1. The van der Waals surface area contributed by atoms with Gasteiger partial charge >= 0.3 is 0 Å². The SMILES string of the molecule is Cc1cnn([C@@H]2CCCN(C(=O)CCc3cccs3)C2)c1. The average Bonchev–Trinajstić information content (AvgIpc) is 3.16. The molecule has 1 aliphatic rings. The second kappa shape index (κ2) is 6.43. The molecule has 3 heterocycles. The Hall–Kier alpha value is -1.62. The number of aromatic nitrogens is 2. The molecule has 4 nitrogen and oxygen atoms in total. The third-order valence-corrected chi connectivity index (χ3v) is 4.96. The smallest absolute Gasteiger partial charge is 0.223 e. The van der Waals surface area contributed by atoms with E-state index in [4.69, 9.17) is 0 Å². The first-order valence-electron chi connectivity index (χ1n) is 7.53. The fourth-order valence-electron chi connectivity index (χ4n) is 2.87. The molecule has 1 amide bonds. The Morgan fingerprint density at radius 1 is 1.52 bits per heavy atom. The molecule has 1 fully saturated rings. The zero-order chi connectivity index (χ0) is 14.7. The van der Waals surface area contributed by atoms with E-state index < -0.39 is 0 Å². The normalized spacial score (nSPS) is 18.9. The minimum absolute atomic E-state index is 0.275. The van der Waals surface area contributed by atoms with Gasteiger partial charge in [0.05, 0.1) is 12.2 Å². The van der Waals surface area contributed by atoms with Gasteiger partial charge in [-0.2, -0.15) is 5.10 Å². The van der Waals surface area contributed by atoms with Crippen LogP contribution in [0.3, 0.4) is 0 Å². The summed E-state index contributed by atoms with van der Waals surface area (Å²) < 4.78 is 2.02. The lowest BCUT2D eigenvalue weighted by Crippen LogP contribution is -2.40. The number of piperidine rings is 1. The van der Waals surface area contributed by atoms with E-state index >= 15 is 0 Å². The zero-order valence-corrected chi connectivity index (χ0v) is 13.2. The van der Waals surface area contributed by atoms with Gasteiger partial charge in [-0.05, 0) is 43.2 Å². The molecule has 0 saturated carbocycles. The van der Waals surface area contributed by atoms with E-state index in [1.54, 1.807) is 11.3 Å². The fourth-order valence-corrected chi connectivity index (χ4v) is 3.58. The van der Waals surface area contributed by atoms with Gasteiger partial charge in [0.25, 0.3) is 0 Å².